The first-order chi connectivity index (χ1) is 18.3. The van der Waals surface area contributed by atoms with Gasteiger partial charge in [-0.05, 0) is 87.7 Å². The molecule has 2 aromatic carbocycles. The molecular formula is C27H33F4N3O5. The van der Waals surface area contributed by atoms with Gasteiger partial charge >= 0.3 is 18.2 Å². The number of halogens is 4. The first-order valence-electron chi connectivity index (χ1n) is 12.4. The fourth-order valence-electron chi connectivity index (χ4n) is 5.51. The Hall–Kier alpha value is -3.54. The van der Waals surface area contributed by atoms with Crippen molar-refractivity contribution in [3.05, 3.63) is 53.3 Å². The van der Waals surface area contributed by atoms with Gasteiger partial charge < -0.3 is 30.1 Å². The van der Waals surface area contributed by atoms with E-state index < -0.39 is 12.1 Å². The van der Waals surface area contributed by atoms with Gasteiger partial charge in [-0.25, -0.2) is 14.0 Å². The summed E-state index contributed by atoms with van der Waals surface area (Å²) in [4.78, 5) is 23.9. The molecule has 39 heavy (non-hydrogen) atoms. The molecule has 3 atom stereocenters. The van der Waals surface area contributed by atoms with Crippen molar-refractivity contribution >= 4 is 17.7 Å². The van der Waals surface area contributed by atoms with E-state index >= 15 is 0 Å². The highest BCUT2D eigenvalue weighted by Crippen LogP contribution is 2.49. The van der Waals surface area contributed by atoms with Gasteiger partial charge in [0.05, 0.1) is 14.2 Å². The van der Waals surface area contributed by atoms with Gasteiger partial charge in [-0.2, -0.15) is 13.2 Å². The molecule has 0 aromatic heterocycles. The molecule has 4 rings (SSSR count). The average Bonchev–Trinajstić information content (AvgIpc) is 3.22. The fourth-order valence-corrected chi connectivity index (χ4v) is 5.51. The molecule has 1 saturated carbocycles. The number of carboxylic acids is 1. The van der Waals surface area contributed by atoms with Gasteiger partial charge in [0.2, 0.25) is 0 Å². The first-order valence-corrected chi connectivity index (χ1v) is 12.4. The number of anilines is 1. The van der Waals surface area contributed by atoms with E-state index in [9.17, 15) is 22.4 Å². The molecule has 2 fully saturated rings. The zero-order valence-electron chi connectivity index (χ0n) is 22.2. The quantitative estimate of drug-likeness (QED) is 0.444. The molecule has 214 valence electrons. The Balaban J connectivity index is 0.000000532. The lowest BCUT2D eigenvalue weighted by Gasteiger charge is -2.45. The number of urea groups is 1. The van der Waals surface area contributed by atoms with E-state index in [1.165, 1.54) is 17.7 Å². The van der Waals surface area contributed by atoms with Crippen molar-refractivity contribution in [2.24, 2.45) is 0 Å². The third-order valence-electron chi connectivity index (χ3n) is 7.50. The van der Waals surface area contributed by atoms with Crippen LogP contribution in [-0.4, -0.2) is 68.1 Å². The van der Waals surface area contributed by atoms with E-state index in [0.717, 1.165) is 43.7 Å². The van der Waals surface area contributed by atoms with Crippen LogP contribution in [0.1, 0.15) is 36.8 Å². The SMILES string of the molecule is COc1ccc([C@@]23CC[C@@H](NC(=O)Nc4ccc(F)cc4C)C[C@@H]2N(C)CC3)cc1OC.O=C(O)C(F)(F)F. The molecule has 2 amide bonds. The number of hydrogen-bond donors (Lipinski definition) is 3. The van der Waals surface area contributed by atoms with Crippen LogP contribution in [0, 0.1) is 12.7 Å². The molecule has 0 spiro atoms. The standard InChI is InChI=1S/C25H32FN3O3.C2HF3O2/c1-16-13-18(26)6-7-20(16)28-24(30)27-19-9-10-25(11-12-29(2)23(25)15-19)17-5-8-21(31-3)22(14-17)32-4;3-2(4,5)1(6)7/h5-8,13-14,19,23H,9-12,15H2,1-4H3,(H2,27,28,30);(H,6,7)/t19-,23+,25+;/m1./s1. The Morgan fingerprint density at radius 1 is 1.08 bits per heavy atom. The lowest BCUT2D eigenvalue weighted by molar-refractivity contribution is -0.192. The van der Waals surface area contributed by atoms with Gasteiger partial charge in [-0.15, -0.1) is 0 Å². The van der Waals surface area contributed by atoms with Crippen molar-refractivity contribution in [3.8, 4) is 11.5 Å². The predicted molar refractivity (Wildman–Crippen MR) is 137 cm³/mol. The largest absolute Gasteiger partial charge is 0.493 e. The maximum Gasteiger partial charge on any atom is 0.490 e. The third-order valence-corrected chi connectivity index (χ3v) is 7.50. The van der Waals surface area contributed by atoms with Crippen molar-refractivity contribution in [2.75, 3.05) is 33.1 Å². The summed E-state index contributed by atoms with van der Waals surface area (Å²) in [6, 6.07) is 10.8. The maximum atomic E-state index is 13.3. The Morgan fingerprint density at radius 2 is 1.74 bits per heavy atom. The summed E-state index contributed by atoms with van der Waals surface area (Å²) in [6.07, 6.45) is -1.25. The number of aliphatic carboxylic acids is 1. The highest BCUT2D eigenvalue weighted by Gasteiger charge is 2.50. The highest BCUT2D eigenvalue weighted by molar-refractivity contribution is 5.90. The number of carboxylic acid groups (broad SMARTS) is 1. The maximum absolute atomic E-state index is 13.3. The Labute approximate surface area is 224 Å². The number of hydrogen-bond acceptors (Lipinski definition) is 5. The van der Waals surface area contributed by atoms with Crippen LogP contribution in [-0.2, 0) is 10.2 Å². The zero-order valence-corrected chi connectivity index (χ0v) is 22.2. The summed E-state index contributed by atoms with van der Waals surface area (Å²) in [5, 5.41) is 13.1. The van der Waals surface area contributed by atoms with E-state index in [0.29, 0.717) is 17.3 Å². The number of nitrogens with one attached hydrogen (secondary N) is 2. The second-order valence-electron chi connectivity index (χ2n) is 9.80. The number of methoxy groups -OCH3 is 2. The molecule has 0 unspecified atom stereocenters. The van der Waals surface area contributed by atoms with Crippen molar-refractivity contribution in [1.82, 2.24) is 10.2 Å². The average molecular weight is 556 g/mol. The lowest BCUT2D eigenvalue weighted by Crippen LogP contribution is -2.52. The van der Waals surface area contributed by atoms with Crippen LogP contribution in [0.2, 0.25) is 0 Å². The molecule has 1 heterocycles. The highest BCUT2D eigenvalue weighted by atomic mass is 19.4. The molecule has 12 heteroatoms. The van der Waals surface area contributed by atoms with Crippen LogP contribution < -0.4 is 20.1 Å². The summed E-state index contributed by atoms with van der Waals surface area (Å²) < 4.78 is 56.1. The van der Waals surface area contributed by atoms with Gasteiger partial charge in [0.25, 0.3) is 0 Å². The van der Waals surface area contributed by atoms with Gasteiger partial charge in [-0.1, -0.05) is 6.07 Å². The van der Waals surface area contributed by atoms with E-state index in [-0.39, 0.29) is 23.3 Å². The van der Waals surface area contributed by atoms with Crippen molar-refractivity contribution in [2.45, 2.75) is 56.3 Å². The summed E-state index contributed by atoms with van der Waals surface area (Å²) in [7, 11) is 5.48. The number of rotatable bonds is 5. The molecule has 0 bridgehead atoms. The molecule has 1 aliphatic heterocycles. The summed E-state index contributed by atoms with van der Waals surface area (Å²) in [5.41, 5.74) is 2.63. The predicted octanol–water partition coefficient (Wildman–Crippen LogP) is 5.10. The van der Waals surface area contributed by atoms with Crippen LogP contribution in [0.4, 0.5) is 28.0 Å². The van der Waals surface area contributed by atoms with Gasteiger partial charge in [-0.3, -0.25) is 0 Å². The van der Waals surface area contributed by atoms with Gasteiger partial charge in [0.15, 0.2) is 11.5 Å². The van der Waals surface area contributed by atoms with Crippen LogP contribution >= 0.6 is 0 Å². The minimum Gasteiger partial charge on any atom is -0.493 e. The van der Waals surface area contributed by atoms with Crippen molar-refractivity contribution in [3.63, 3.8) is 0 Å². The van der Waals surface area contributed by atoms with Crippen LogP contribution in [0.25, 0.3) is 0 Å². The summed E-state index contributed by atoms with van der Waals surface area (Å²) in [5.74, 6) is -1.58. The fraction of sp³-hybridized carbons (Fsp3) is 0.481. The van der Waals surface area contributed by atoms with E-state index in [1.807, 2.05) is 6.07 Å². The molecule has 0 radical (unpaired) electrons. The van der Waals surface area contributed by atoms with Crippen molar-refractivity contribution < 1.29 is 41.7 Å². The Morgan fingerprint density at radius 3 is 2.33 bits per heavy atom. The molecular weight excluding hydrogens is 522 g/mol. The minimum absolute atomic E-state index is 0.0382. The van der Waals surface area contributed by atoms with Gasteiger partial charge in [0, 0.05) is 23.2 Å². The van der Waals surface area contributed by atoms with Crippen LogP contribution in [0.15, 0.2) is 36.4 Å². The molecule has 1 saturated heterocycles. The number of carbonyl (C=O) groups is 2. The number of likely N-dealkylation sites (N-methyl/N-ethyl adjacent to an activating group) is 1. The van der Waals surface area contributed by atoms with Crippen LogP contribution in [0.5, 0.6) is 11.5 Å². The van der Waals surface area contributed by atoms with Gasteiger partial charge in [0.1, 0.15) is 5.82 Å². The minimum atomic E-state index is -5.08. The zero-order chi connectivity index (χ0) is 29.0. The van der Waals surface area contributed by atoms with E-state index in [1.54, 1.807) is 27.2 Å². The topological polar surface area (TPSA) is 100 Å². The number of alkyl halides is 3. The first kappa shape index (κ1) is 30.0. The lowest BCUT2D eigenvalue weighted by atomic mass is 9.65. The Kier molecular flexibility index (Phi) is 9.31. The summed E-state index contributed by atoms with van der Waals surface area (Å²) in [6.45, 7) is 2.80. The molecule has 8 nitrogen and oxygen atoms in total. The van der Waals surface area contributed by atoms with Crippen molar-refractivity contribution in [1.29, 1.82) is 0 Å². The van der Waals surface area contributed by atoms with Crippen LogP contribution in [0.3, 0.4) is 0 Å². The number of benzene rings is 2. The second-order valence-corrected chi connectivity index (χ2v) is 9.80. The summed E-state index contributed by atoms with van der Waals surface area (Å²) >= 11 is 0. The number of likely N-dealkylation sites (tertiary alicyclic amines) is 1. The number of ether oxygens (including phenoxy) is 2. The normalized spacial score (nSPS) is 22.7. The van der Waals surface area contributed by atoms with E-state index in [2.05, 4.69) is 34.7 Å². The molecule has 2 aliphatic rings. The third kappa shape index (κ3) is 6.92. The molecule has 2 aromatic rings. The number of carbonyl (C=O) groups excluding carboxylic acids is 1. The number of aryl methyl sites for hydroxylation is 1. The van der Waals surface area contributed by atoms with E-state index in [4.69, 9.17) is 19.4 Å². The number of amides is 2. The monoisotopic (exact) mass is 555 g/mol. The second kappa shape index (κ2) is 12.1. The number of nitrogens with zero attached hydrogens (tertiary/aromatic N) is 1. The smallest absolute Gasteiger partial charge is 0.490 e. The number of fused-ring (bicyclic) bond motifs is 1. The molecule has 1 aliphatic carbocycles. The Bertz CT molecular complexity index is 1190. The molecule has 3 N–H and O–H groups in total.